The molecular formula is C16H20BNO4. The minimum Gasteiger partial charge on any atom is -0.465 e. The fourth-order valence-corrected chi connectivity index (χ4v) is 2.64. The highest BCUT2D eigenvalue weighted by Crippen LogP contribution is 2.37. The van der Waals surface area contributed by atoms with E-state index in [0.717, 1.165) is 10.9 Å². The van der Waals surface area contributed by atoms with E-state index in [1.54, 1.807) is 6.07 Å². The van der Waals surface area contributed by atoms with Gasteiger partial charge < -0.3 is 19.0 Å². The maximum atomic E-state index is 12.1. The van der Waals surface area contributed by atoms with Gasteiger partial charge in [0.1, 0.15) is 0 Å². The molecule has 2 aromatic rings. The summed E-state index contributed by atoms with van der Waals surface area (Å²) in [6.45, 7) is 7.94. The Bertz CT molecular complexity index is 719. The topological polar surface area (TPSA) is 60.6 Å². The highest BCUT2D eigenvalue weighted by Gasteiger charge is 2.53. The van der Waals surface area contributed by atoms with Crippen LogP contribution in [-0.4, -0.2) is 36.4 Å². The second-order valence-corrected chi connectivity index (χ2v) is 6.55. The summed E-state index contributed by atoms with van der Waals surface area (Å²) in [5.41, 5.74) is 1.03. The number of carbonyl (C=O) groups is 1. The third-order valence-electron chi connectivity index (χ3n) is 4.66. The second kappa shape index (κ2) is 4.86. The van der Waals surface area contributed by atoms with Crippen LogP contribution >= 0.6 is 0 Å². The highest BCUT2D eigenvalue weighted by molar-refractivity contribution is 6.66. The molecule has 0 amide bonds. The molecule has 0 aliphatic carbocycles. The lowest BCUT2D eigenvalue weighted by atomic mass is 9.74. The van der Waals surface area contributed by atoms with Gasteiger partial charge in [0.25, 0.3) is 0 Å². The summed E-state index contributed by atoms with van der Waals surface area (Å²) in [6.07, 6.45) is 1.83. The van der Waals surface area contributed by atoms with Gasteiger partial charge in [0, 0.05) is 17.2 Å². The summed E-state index contributed by atoms with van der Waals surface area (Å²) in [6, 6.07) is 5.58. The molecule has 0 unspecified atom stereocenters. The highest BCUT2D eigenvalue weighted by atomic mass is 16.7. The largest absolute Gasteiger partial charge is 0.497 e. The molecule has 1 aliphatic heterocycles. The lowest BCUT2D eigenvalue weighted by molar-refractivity contribution is 0.00578. The predicted octanol–water partition coefficient (Wildman–Crippen LogP) is 2.25. The standard InChI is InChI=1S/C16H20BNO4/c1-15(2)16(3,4)22-17(21-15)12-11(14(19)20-5)7-6-10-8-9-18-13(10)12/h6-9,18H,1-5H3. The van der Waals surface area contributed by atoms with Gasteiger partial charge in [-0.1, -0.05) is 6.07 Å². The van der Waals surface area contributed by atoms with Crippen LogP contribution in [0.4, 0.5) is 0 Å². The summed E-state index contributed by atoms with van der Waals surface area (Å²) in [7, 11) is 0.747. The number of aromatic nitrogens is 1. The molecule has 0 spiro atoms. The van der Waals surface area contributed by atoms with Crippen molar-refractivity contribution >= 4 is 29.5 Å². The Kier molecular flexibility index (Phi) is 3.34. The van der Waals surface area contributed by atoms with Gasteiger partial charge in [-0.25, -0.2) is 4.79 Å². The van der Waals surface area contributed by atoms with E-state index in [4.69, 9.17) is 14.0 Å². The van der Waals surface area contributed by atoms with Crippen molar-refractivity contribution in [2.45, 2.75) is 38.9 Å². The van der Waals surface area contributed by atoms with Crippen LogP contribution in [0.25, 0.3) is 10.9 Å². The van der Waals surface area contributed by atoms with Gasteiger partial charge in [-0.15, -0.1) is 0 Å². The van der Waals surface area contributed by atoms with E-state index in [0.29, 0.717) is 11.0 Å². The van der Waals surface area contributed by atoms with Crippen LogP contribution in [0.2, 0.25) is 0 Å². The first-order valence-corrected chi connectivity index (χ1v) is 7.31. The van der Waals surface area contributed by atoms with E-state index in [1.807, 2.05) is 46.0 Å². The number of fused-ring (bicyclic) bond motifs is 1. The zero-order valence-electron chi connectivity index (χ0n) is 13.5. The van der Waals surface area contributed by atoms with Crippen molar-refractivity contribution in [2.75, 3.05) is 7.11 Å². The van der Waals surface area contributed by atoms with Crippen LogP contribution < -0.4 is 5.46 Å². The molecule has 0 atom stereocenters. The van der Waals surface area contributed by atoms with Crippen molar-refractivity contribution in [1.29, 1.82) is 0 Å². The van der Waals surface area contributed by atoms with E-state index in [-0.39, 0.29) is 0 Å². The summed E-state index contributed by atoms with van der Waals surface area (Å²) >= 11 is 0. The third kappa shape index (κ3) is 2.14. The monoisotopic (exact) mass is 301 g/mol. The van der Waals surface area contributed by atoms with E-state index < -0.39 is 24.3 Å². The second-order valence-electron chi connectivity index (χ2n) is 6.55. The number of rotatable bonds is 2. The number of hydrogen-bond donors (Lipinski definition) is 1. The number of benzene rings is 1. The zero-order valence-corrected chi connectivity index (χ0v) is 13.5. The molecule has 3 rings (SSSR count). The molecule has 116 valence electrons. The zero-order chi connectivity index (χ0) is 16.1. The molecular weight excluding hydrogens is 281 g/mol. The Hall–Kier alpha value is -1.79. The van der Waals surface area contributed by atoms with Crippen molar-refractivity contribution in [3.05, 3.63) is 30.0 Å². The molecule has 1 aromatic carbocycles. The van der Waals surface area contributed by atoms with E-state index in [2.05, 4.69) is 4.98 Å². The summed E-state index contributed by atoms with van der Waals surface area (Å²) in [4.78, 5) is 15.3. The van der Waals surface area contributed by atoms with Crippen LogP contribution in [0.1, 0.15) is 38.1 Å². The van der Waals surface area contributed by atoms with Gasteiger partial charge in [0.05, 0.1) is 23.9 Å². The molecule has 1 fully saturated rings. The van der Waals surface area contributed by atoms with Crippen molar-refractivity contribution in [1.82, 2.24) is 4.98 Å². The fourth-order valence-electron chi connectivity index (χ4n) is 2.64. The molecule has 22 heavy (non-hydrogen) atoms. The third-order valence-corrected chi connectivity index (χ3v) is 4.66. The van der Waals surface area contributed by atoms with Crippen molar-refractivity contribution in [3.8, 4) is 0 Å². The number of aromatic amines is 1. The normalized spacial score (nSPS) is 19.6. The Morgan fingerprint density at radius 3 is 2.36 bits per heavy atom. The summed E-state index contributed by atoms with van der Waals surface area (Å²) in [5.74, 6) is -0.402. The first-order chi connectivity index (χ1) is 10.3. The first kappa shape index (κ1) is 15.1. The minimum absolute atomic E-state index is 0.402. The molecule has 0 saturated carbocycles. The van der Waals surface area contributed by atoms with Gasteiger partial charge >= 0.3 is 13.1 Å². The summed E-state index contributed by atoms with van der Waals surface area (Å²) < 4.78 is 17.1. The Balaban J connectivity index is 2.17. The van der Waals surface area contributed by atoms with E-state index >= 15 is 0 Å². The lowest BCUT2D eigenvalue weighted by Gasteiger charge is -2.32. The summed E-state index contributed by atoms with van der Waals surface area (Å²) in [5, 5.41) is 0.998. The number of esters is 1. The van der Waals surface area contributed by atoms with Gasteiger partial charge in [-0.2, -0.15) is 0 Å². The quantitative estimate of drug-likeness (QED) is 0.683. The van der Waals surface area contributed by atoms with E-state index in [9.17, 15) is 4.79 Å². The van der Waals surface area contributed by atoms with Crippen molar-refractivity contribution in [3.63, 3.8) is 0 Å². The maximum absolute atomic E-state index is 12.1. The number of H-pyrrole nitrogens is 1. The maximum Gasteiger partial charge on any atom is 0.497 e. The average Bonchev–Trinajstić information content (AvgIpc) is 2.99. The van der Waals surface area contributed by atoms with Crippen molar-refractivity contribution < 1.29 is 18.8 Å². The Morgan fingerprint density at radius 1 is 1.14 bits per heavy atom. The van der Waals surface area contributed by atoms with Gasteiger partial charge in [0.15, 0.2) is 0 Å². The van der Waals surface area contributed by atoms with Gasteiger partial charge in [-0.3, -0.25) is 0 Å². The number of hydrogen-bond acceptors (Lipinski definition) is 4. The smallest absolute Gasteiger partial charge is 0.465 e. The van der Waals surface area contributed by atoms with Crippen LogP contribution in [-0.2, 0) is 14.0 Å². The Morgan fingerprint density at radius 2 is 1.77 bits per heavy atom. The van der Waals surface area contributed by atoms with Crippen LogP contribution in [0.3, 0.4) is 0 Å². The minimum atomic E-state index is -0.624. The Labute approximate surface area is 130 Å². The van der Waals surface area contributed by atoms with E-state index in [1.165, 1.54) is 7.11 Å². The number of carbonyl (C=O) groups excluding carboxylic acids is 1. The first-order valence-electron chi connectivity index (χ1n) is 7.31. The molecule has 1 N–H and O–H groups in total. The number of methoxy groups -OCH3 is 1. The molecule has 5 nitrogen and oxygen atoms in total. The van der Waals surface area contributed by atoms with Gasteiger partial charge in [-0.05, 0) is 45.2 Å². The molecule has 2 heterocycles. The molecule has 0 bridgehead atoms. The number of nitrogens with one attached hydrogen (secondary N) is 1. The van der Waals surface area contributed by atoms with Crippen LogP contribution in [0.5, 0.6) is 0 Å². The SMILES string of the molecule is COC(=O)c1ccc2cc[nH]c2c1B1OC(C)(C)C(C)(C)O1. The number of ether oxygens (including phenoxy) is 1. The molecule has 1 aromatic heterocycles. The van der Waals surface area contributed by atoms with Crippen LogP contribution in [0, 0.1) is 0 Å². The lowest BCUT2D eigenvalue weighted by Crippen LogP contribution is -2.41. The van der Waals surface area contributed by atoms with Gasteiger partial charge in [0.2, 0.25) is 0 Å². The molecule has 1 aliphatic rings. The average molecular weight is 301 g/mol. The molecule has 6 heteroatoms. The fraction of sp³-hybridized carbons (Fsp3) is 0.438. The van der Waals surface area contributed by atoms with Crippen molar-refractivity contribution in [2.24, 2.45) is 0 Å². The molecule has 0 radical (unpaired) electrons. The molecule has 1 saturated heterocycles. The predicted molar refractivity (Wildman–Crippen MR) is 85.4 cm³/mol. The van der Waals surface area contributed by atoms with Crippen LogP contribution in [0.15, 0.2) is 24.4 Å².